The summed E-state index contributed by atoms with van der Waals surface area (Å²) in [4.78, 5) is 23.5. The molecule has 0 amide bonds. The standard InChI is InChI=1S/C20H27ClO4/c1-20(2,19(21)24)13-15-7-5-6-14(12-15)10-11-25-18(23)16-8-3-4-9-17(16)22/h3-4,8-9,14-15,22H,5-7,10-13H2,1-2H3. The first-order valence-corrected chi connectivity index (χ1v) is 9.32. The number of carbonyl (C=O) groups excluding carboxylic acids is 2. The largest absolute Gasteiger partial charge is 0.507 e. The summed E-state index contributed by atoms with van der Waals surface area (Å²) in [5.74, 6) is 0.444. The number of hydrogen-bond donors (Lipinski definition) is 1. The van der Waals surface area contributed by atoms with Crippen molar-refractivity contribution in [2.24, 2.45) is 17.3 Å². The highest BCUT2D eigenvalue weighted by Gasteiger charge is 2.32. The van der Waals surface area contributed by atoms with E-state index in [1.54, 1.807) is 18.2 Å². The van der Waals surface area contributed by atoms with Crippen molar-refractivity contribution >= 4 is 22.8 Å². The molecule has 1 fully saturated rings. The van der Waals surface area contributed by atoms with Crippen molar-refractivity contribution in [1.82, 2.24) is 0 Å². The lowest BCUT2D eigenvalue weighted by molar-refractivity contribution is -0.120. The molecule has 1 aliphatic carbocycles. The monoisotopic (exact) mass is 366 g/mol. The molecule has 138 valence electrons. The fourth-order valence-corrected chi connectivity index (χ4v) is 3.77. The summed E-state index contributed by atoms with van der Waals surface area (Å²) in [5.41, 5.74) is -0.280. The Morgan fingerprint density at radius 3 is 2.60 bits per heavy atom. The van der Waals surface area contributed by atoms with Crippen LogP contribution in [0.4, 0.5) is 0 Å². The van der Waals surface area contributed by atoms with Crippen LogP contribution in [0.2, 0.25) is 0 Å². The summed E-state index contributed by atoms with van der Waals surface area (Å²) in [5, 5.41) is 9.41. The van der Waals surface area contributed by atoms with Crippen LogP contribution in [0.3, 0.4) is 0 Å². The smallest absolute Gasteiger partial charge is 0.341 e. The number of esters is 1. The van der Waals surface area contributed by atoms with Gasteiger partial charge in [0.25, 0.3) is 0 Å². The molecule has 5 heteroatoms. The number of rotatable bonds is 7. The summed E-state index contributed by atoms with van der Waals surface area (Å²) >= 11 is 5.70. The molecule has 0 heterocycles. The third-order valence-electron chi connectivity index (χ3n) is 5.11. The zero-order valence-electron chi connectivity index (χ0n) is 15.0. The first kappa shape index (κ1) is 19.8. The Bertz CT molecular complexity index is 611. The van der Waals surface area contributed by atoms with Crippen molar-refractivity contribution in [2.45, 2.75) is 52.4 Å². The van der Waals surface area contributed by atoms with Gasteiger partial charge in [-0.15, -0.1) is 0 Å². The molecule has 0 aromatic heterocycles. The predicted molar refractivity (Wildman–Crippen MR) is 97.7 cm³/mol. The minimum atomic E-state index is -0.487. The Hall–Kier alpha value is -1.55. The number of ether oxygens (including phenoxy) is 1. The Balaban J connectivity index is 1.78. The molecule has 0 radical (unpaired) electrons. The molecule has 2 rings (SSSR count). The molecule has 1 aromatic carbocycles. The van der Waals surface area contributed by atoms with Gasteiger partial charge < -0.3 is 9.84 Å². The molecular formula is C20H27ClO4. The second-order valence-electron chi connectivity index (χ2n) is 7.70. The summed E-state index contributed by atoms with van der Waals surface area (Å²) in [6, 6.07) is 6.39. The second-order valence-corrected chi connectivity index (χ2v) is 8.05. The van der Waals surface area contributed by atoms with E-state index >= 15 is 0 Å². The van der Waals surface area contributed by atoms with E-state index in [0.29, 0.717) is 18.4 Å². The van der Waals surface area contributed by atoms with E-state index in [4.69, 9.17) is 16.3 Å². The first-order valence-electron chi connectivity index (χ1n) is 8.94. The van der Waals surface area contributed by atoms with Gasteiger partial charge in [-0.3, -0.25) is 4.79 Å². The van der Waals surface area contributed by atoms with Gasteiger partial charge in [-0.2, -0.15) is 0 Å². The molecule has 4 nitrogen and oxygen atoms in total. The predicted octanol–water partition coefficient (Wildman–Crippen LogP) is 4.93. The molecule has 1 N–H and O–H groups in total. The van der Waals surface area contributed by atoms with E-state index in [9.17, 15) is 14.7 Å². The zero-order valence-corrected chi connectivity index (χ0v) is 15.7. The minimum Gasteiger partial charge on any atom is -0.507 e. The third-order valence-corrected chi connectivity index (χ3v) is 5.62. The van der Waals surface area contributed by atoms with Crippen molar-refractivity contribution < 1.29 is 19.4 Å². The molecule has 2 unspecified atom stereocenters. The summed E-state index contributed by atoms with van der Waals surface area (Å²) < 4.78 is 5.31. The molecule has 1 aromatic rings. The van der Waals surface area contributed by atoms with Gasteiger partial charge in [0, 0.05) is 5.41 Å². The fraction of sp³-hybridized carbons (Fsp3) is 0.600. The first-order chi connectivity index (χ1) is 11.8. The lowest BCUT2D eigenvalue weighted by Gasteiger charge is -2.33. The van der Waals surface area contributed by atoms with Gasteiger partial charge in [0.05, 0.1) is 6.61 Å². The molecular weight excluding hydrogens is 340 g/mol. The topological polar surface area (TPSA) is 63.6 Å². The van der Waals surface area contributed by atoms with Gasteiger partial charge in [-0.1, -0.05) is 45.2 Å². The number of phenolic OH excluding ortho intramolecular Hbond substituents is 1. The van der Waals surface area contributed by atoms with Crippen LogP contribution in [-0.4, -0.2) is 22.9 Å². The molecule has 0 bridgehead atoms. The molecule has 0 spiro atoms. The average Bonchev–Trinajstić information content (AvgIpc) is 2.55. The van der Waals surface area contributed by atoms with E-state index in [1.165, 1.54) is 6.07 Å². The molecule has 0 saturated heterocycles. The Morgan fingerprint density at radius 1 is 1.24 bits per heavy atom. The number of halogens is 1. The van der Waals surface area contributed by atoms with Crippen LogP contribution < -0.4 is 0 Å². The summed E-state index contributed by atoms with van der Waals surface area (Å²) in [6.07, 6.45) is 6.05. The lowest BCUT2D eigenvalue weighted by Crippen LogP contribution is -2.27. The van der Waals surface area contributed by atoms with Gasteiger partial charge in [0.15, 0.2) is 0 Å². The zero-order chi connectivity index (χ0) is 18.4. The Morgan fingerprint density at radius 2 is 1.92 bits per heavy atom. The summed E-state index contributed by atoms with van der Waals surface area (Å²) in [7, 11) is 0. The maximum absolute atomic E-state index is 12.0. The van der Waals surface area contributed by atoms with Gasteiger partial charge in [-0.25, -0.2) is 4.79 Å². The maximum Gasteiger partial charge on any atom is 0.341 e. The minimum absolute atomic E-state index is 0.0572. The van der Waals surface area contributed by atoms with Crippen LogP contribution >= 0.6 is 11.6 Å². The third kappa shape index (κ3) is 5.74. The van der Waals surface area contributed by atoms with Gasteiger partial charge in [0.2, 0.25) is 5.24 Å². The highest BCUT2D eigenvalue weighted by atomic mass is 35.5. The maximum atomic E-state index is 12.0. The lowest BCUT2D eigenvalue weighted by atomic mass is 9.73. The van der Waals surface area contributed by atoms with Crippen molar-refractivity contribution in [1.29, 1.82) is 0 Å². The van der Waals surface area contributed by atoms with E-state index in [1.807, 2.05) is 13.8 Å². The van der Waals surface area contributed by atoms with Crippen LogP contribution in [0.15, 0.2) is 24.3 Å². The van der Waals surface area contributed by atoms with E-state index in [2.05, 4.69) is 0 Å². The van der Waals surface area contributed by atoms with Gasteiger partial charge in [-0.05, 0) is 54.8 Å². The number of carbonyl (C=O) groups is 2. The normalized spacial score (nSPS) is 20.9. The average molecular weight is 367 g/mol. The van der Waals surface area contributed by atoms with Gasteiger partial charge >= 0.3 is 5.97 Å². The Labute approximate surface area is 154 Å². The second kappa shape index (κ2) is 8.70. The van der Waals surface area contributed by atoms with Crippen LogP contribution in [0.1, 0.15) is 62.7 Å². The SMILES string of the molecule is CC(C)(CC1CCCC(CCOC(=O)c2ccccc2O)C1)C(=O)Cl. The highest BCUT2D eigenvalue weighted by Crippen LogP contribution is 2.39. The fourth-order valence-electron chi connectivity index (χ4n) is 3.69. The quantitative estimate of drug-likeness (QED) is 0.549. The Kier molecular flexibility index (Phi) is 6.88. The highest BCUT2D eigenvalue weighted by molar-refractivity contribution is 6.64. The van der Waals surface area contributed by atoms with Crippen LogP contribution in [0.25, 0.3) is 0 Å². The van der Waals surface area contributed by atoms with Gasteiger partial charge in [0.1, 0.15) is 11.3 Å². The number of para-hydroxylation sites is 1. The number of phenols is 1. The number of hydrogen-bond acceptors (Lipinski definition) is 4. The van der Waals surface area contributed by atoms with E-state index in [0.717, 1.165) is 38.5 Å². The van der Waals surface area contributed by atoms with Crippen LogP contribution in [0, 0.1) is 17.3 Å². The van der Waals surface area contributed by atoms with Crippen LogP contribution in [-0.2, 0) is 9.53 Å². The molecule has 2 atom stereocenters. The van der Waals surface area contributed by atoms with Crippen LogP contribution in [0.5, 0.6) is 5.75 Å². The molecule has 0 aliphatic heterocycles. The molecule has 1 aliphatic rings. The van der Waals surface area contributed by atoms with E-state index in [-0.39, 0.29) is 16.6 Å². The molecule has 1 saturated carbocycles. The summed E-state index contributed by atoms with van der Waals surface area (Å²) in [6.45, 7) is 4.16. The van der Waals surface area contributed by atoms with Crippen molar-refractivity contribution in [3.05, 3.63) is 29.8 Å². The number of aromatic hydroxyl groups is 1. The van der Waals surface area contributed by atoms with E-state index < -0.39 is 11.4 Å². The molecule has 25 heavy (non-hydrogen) atoms. The van der Waals surface area contributed by atoms with Crippen molar-refractivity contribution in [3.63, 3.8) is 0 Å². The number of benzene rings is 1. The van der Waals surface area contributed by atoms with Crippen molar-refractivity contribution in [3.8, 4) is 5.75 Å². The van der Waals surface area contributed by atoms with Crippen molar-refractivity contribution in [2.75, 3.05) is 6.61 Å².